The quantitative estimate of drug-likeness (QED) is 0.386. The maximum absolute atomic E-state index is 14.0. The van der Waals surface area contributed by atoms with E-state index in [1.54, 1.807) is 76.2 Å². The molecule has 1 fully saturated rings. The summed E-state index contributed by atoms with van der Waals surface area (Å²) in [6, 6.07) is 13.2. The van der Waals surface area contributed by atoms with Gasteiger partial charge in [-0.3, -0.25) is 19.0 Å². The number of amides is 1. The van der Waals surface area contributed by atoms with Gasteiger partial charge in [-0.25, -0.2) is 9.78 Å². The van der Waals surface area contributed by atoms with Crippen molar-refractivity contribution in [1.29, 1.82) is 0 Å². The van der Waals surface area contributed by atoms with Gasteiger partial charge in [0, 0.05) is 0 Å². The largest absolute Gasteiger partial charge is 0.444 e. The van der Waals surface area contributed by atoms with Gasteiger partial charge in [-0.2, -0.15) is 17.6 Å². The van der Waals surface area contributed by atoms with Crippen molar-refractivity contribution in [3.05, 3.63) is 70.3 Å². The van der Waals surface area contributed by atoms with Crippen LogP contribution in [0.2, 0.25) is 0 Å². The molecule has 0 aliphatic carbocycles. The summed E-state index contributed by atoms with van der Waals surface area (Å²) < 4.78 is 64.7. The van der Waals surface area contributed by atoms with Gasteiger partial charge in [0.05, 0.1) is 35.7 Å². The Morgan fingerprint density at radius 1 is 1.07 bits per heavy atom. The monoisotopic (exact) mass is 564 g/mol. The molecule has 8 nitrogen and oxygen atoms in total. The Labute approximate surface area is 228 Å². The molecule has 3 aromatic rings. The molecule has 1 amide bonds. The number of para-hydroxylation sites is 1. The number of carbonyl (C=O) groups is 1. The fourth-order valence-electron chi connectivity index (χ4n) is 4.70. The number of alkyl carbamates (subject to hydrolysis) is 1. The number of hydrogen-bond donors (Lipinski definition) is 1. The van der Waals surface area contributed by atoms with E-state index in [-0.39, 0.29) is 30.8 Å². The molecular weight excluding hydrogens is 532 g/mol. The SMILES string of the molecule is C[C@H](NC(=O)OC(C)(C)C)c1nc2cccc(CCCN3CC(F)(F)OC(F)(F)C3)c2c(=O)n1-c1ccccc1. The Balaban J connectivity index is 1.66. The van der Waals surface area contributed by atoms with E-state index in [4.69, 9.17) is 9.72 Å². The van der Waals surface area contributed by atoms with Crippen molar-refractivity contribution in [1.82, 2.24) is 19.8 Å². The van der Waals surface area contributed by atoms with Crippen molar-refractivity contribution >= 4 is 17.0 Å². The minimum absolute atomic E-state index is 0.0415. The number of halogens is 4. The zero-order valence-corrected chi connectivity index (χ0v) is 22.7. The Morgan fingerprint density at radius 2 is 1.73 bits per heavy atom. The second-order valence-electron chi connectivity index (χ2n) is 10.8. The first-order valence-electron chi connectivity index (χ1n) is 12.9. The van der Waals surface area contributed by atoms with Crippen LogP contribution < -0.4 is 10.9 Å². The molecule has 1 aliphatic heterocycles. The Bertz CT molecular complexity index is 1410. The third-order valence-corrected chi connectivity index (χ3v) is 6.18. The van der Waals surface area contributed by atoms with Crippen LogP contribution in [0.1, 0.15) is 51.5 Å². The van der Waals surface area contributed by atoms with E-state index in [0.717, 1.165) is 4.90 Å². The van der Waals surface area contributed by atoms with Crippen molar-refractivity contribution < 1.29 is 31.8 Å². The summed E-state index contributed by atoms with van der Waals surface area (Å²) in [6.07, 6.45) is -8.05. The highest BCUT2D eigenvalue weighted by molar-refractivity contribution is 5.82. The van der Waals surface area contributed by atoms with E-state index < -0.39 is 43.0 Å². The first kappa shape index (κ1) is 29.5. The van der Waals surface area contributed by atoms with Crippen LogP contribution in [0, 0.1) is 0 Å². The molecule has 0 spiro atoms. The first-order valence-corrected chi connectivity index (χ1v) is 12.9. The second-order valence-corrected chi connectivity index (χ2v) is 10.8. The lowest BCUT2D eigenvalue weighted by Crippen LogP contribution is -2.54. The standard InChI is InChI=1S/C28H32F4N4O4/c1-18(33-25(38)39-26(2,3)4)23-34-21-14-8-10-19(22(21)24(37)36(23)20-12-6-5-7-13-20)11-9-15-35-16-27(29,30)40-28(31,32)17-35/h5-8,10,12-14,18H,9,11,15-17H2,1-4H3,(H,33,38)/t18-/m0/s1. The third-order valence-electron chi connectivity index (χ3n) is 6.18. The molecule has 2 heterocycles. The van der Waals surface area contributed by atoms with Gasteiger partial charge >= 0.3 is 18.3 Å². The van der Waals surface area contributed by atoms with Gasteiger partial charge in [0.1, 0.15) is 11.4 Å². The van der Waals surface area contributed by atoms with E-state index in [1.807, 2.05) is 0 Å². The molecule has 4 rings (SSSR count). The van der Waals surface area contributed by atoms with Gasteiger partial charge in [0.2, 0.25) is 0 Å². The number of aromatic nitrogens is 2. The first-order chi connectivity index (χ1) is 18.6. The summed E-state index contributed by atoms with van der Waals surface area (Å²) in [4.78, 5) is 32.1. The van der Waals surface area contributed by atoms with Crippen LogP contribution in [-0.2, 0) is 15.9 Å². The lowest BCUT2D eigenvalue weighted by Gasteiger charge is -2.36. The number of hydrogen-bond acceptors (Lipinski definition) is 6. The van der Waals surface area contributed by atoms with E-state index in [9.17, 15) is 27.2 Å². The van der Waals surface area contributed by atoms with Gasteiger partial charge < -0.3 is 10.1 Å². The Kier molecular flexibility index (Phi) is 8.23. The second kappa shape index (κ2) is 11.2. The molecule has 0 bridgehead atoms. The molecule has 0 radical (unpaired) electrons. The van der Waals surface area contributed by atoms with Crippen LogP contribution in [0.5, 0.6) is 0 Å². The van der Waals surface area contributed by atoms with Gasteiger partial charge in [-0.15, -0.1) is 0 Å². The van der Waals surface area contributed by atoms with Gasteiger partial charge in [0.15, 0.2) is 0 Å². The summed E-state index contributed by atoms with van der Waals surface area (Å²) in [5, 5.41) is 3.05. The highest BCUT2D eigenvalue weighted by Gasteiger charge is 2.51. The van der Waals surface area contributed by atoms with Gasteiger partial charge in [-0.05, 0) is 70.8 Å². The van der Waals surface area contributed by atoms with Crippen molar-refractivity contribution in [2.75, 3.05) is 19.6 Å². The zero-order valence-electron chi connectivity index (χ0n) is 22.7. The normalized spacial score (nSPS) is 17.9. The van der Waals surface area contributed by atoms with E-state index in [0.29, 0.717) is 22.2 Å². The number of nitrogens with one attached hydrogen (secondary N) is 1. The summed E-state index contributed by atoms with van der Waals surface area (Å²) in [7, 11) is 0. The molecule has 2 aromatic carbocycles. The van der Waals surface area contributed by atoms with Crippen molar-refractivity contribution in [2.24, 2.45) is 0 Å². The molecule has 1 aliphatic rings. The molecule has 216 valence electrons. The number of alkyl halides is 4. The van der Waals surface area contributed by atoms with E-state index >= 15 is 0 Å². The van der Waals surface area contributed by atoms with Crippen molar-refractivity contribution in [2.45, 2.75) is 64.4 Å². The number of fused-ring (bicyclic) bond motifs is 1. The maximum atomic E-state index is 14.0. The molecule has 1 atom stereocenters. The lowest BCUT2D eigenvalue weighted by molar-refractivity contribution is -0.405. The number of nitrogens with zero attached hydrogens (tertiary/aromatic N) is 3. The lowest BCUT2D eigenvalue weighted by atomic mass is 10.0. The predicted octanol–water partition coefficient (Wildman–Crippen LogP) is 5.42. The zero-order chi connectivity index (χ0) is 29.3. The molecule has 1 aromatic heterocycles. The average Bonchev–Trinajstić information content (AvgIpc) is 2.81. The molecule has 1 saturated heterocycles. The van der Waals surface area contributed by atoms with Crippen molar-refractivity contribution in [3.63, 3.8) is 0 Å². The summed E-state index contributed by atoms with van der Waals surface area (Å²) >= 11 is 0. The molecule has 1 N–H and O–H groups in total. The van der Waals surface area contributed by atoms with Crippen LogP contribution in [0.4, 0.5) is 22.4 Å². The highest BCUT2D eigenvalue weighted by Crippen LogP contribution is 2.33. The smallest absolute Gasteiger partial charge is 0.408 e. The highest BCUT2D eigenvalue weighted by atomic mass is 19.3. The average molecular weight is 565 g/mol. The Hall–Kier alpha value is -3.51. The van der Waals surface area contributed by atoms with Gasteiger partial charge in [0.25, 0.3) is 5.56 Å². The summed E-state index contributed by atoms with van der Waals surface area (Å²) in [5.74, 6) is 0.282. The van der Waals surface area contributed by atoms with E-state index in [2.05, 4.69) is 10.1 Å². The fraction of sp³-hybridized carbons (Fsp3) is 0.464. The van der Waals surface area contributed by atoms with Crippen LogP contribution in [0.3, 0.4) is 0 Å². The van der Waals surface area contributed by atoms with Crippen LogP contribution in [-0.4, -0.2) is 58.0 Å². The van der Waals surface area contributed by atoms with Crippen LogP contribution in [0.25, 0.3) is 16.6 Å². The van der Waals surface area contributed by atoms with Crippen LogP contribution >= 0.6 is 0 Å². The number of ether oxygens (including phenoxy) is 2. The minimum atomic E-state index is -3.95. The van der Waals surface area contributed by atoms with Crippen LogP contribution in [0.15, 0.2) is 53.3 Å². The van der Waals surface area contributed by atoms with E-state index in [1.165, 1.54) is 4.57 Å². The number of rotatable bonds is 7. The van der Waals surface area contributed by atoms with Gasteiger partial charge in [-0.1, -0.05) is 30.3 Å². The molecule has 0 saturated carbocycles. The molecule has 40 heavy (non-hydrogen) atoms. The molecule has 0 unspecified atom stereocenters. The number of morpholine rings is 1. The molecular formula is C28H32F4N4O4. The fourth-order valence-corrected chi connectivity index (χ4v) is 4.70. The topological polar surface area (TPSA) is 85.7 Å². The number of carbonyl (C=O) groups excluding carboxylic acids is 1. The third kappa shape index (κ3) is 7.16. The Morgan fingerprint density at radius 3 is 2.35 bits per heavy atom. The summed E-state index contributed by atoms with van der Waals surface area (Å²) in [5.41, 5.74) is 0.408. The molecule has 12 heteroatoms. The minimum Gasteiger partial charge on any atom is -0.444 e. The predicted molar refractivity (Wildman–Crippen MR) is 141 cm³/mol. The van der Waals surface area contributed by atoms with Crippen molar-refractivity contribution in [3.8, 4) is 5.69 Å². The number of benzene rings is 2. The number of aryl methyl sites for hydroxylation is 1. The summed E-state index contributed by atoms with van der Waals surface area (Å²) in [6.45, 7) is 4.99. The maximum Gasteiger partial charge on any atom is 0.408 e.